The van der Waals surface area contributed by atoms with Crippen LogP contribution < -0.4 is 19.7 Å². The van der Waals surface area contributed by atoms with Gasteiger partial charge in [0.25, 0.3) is 11.8 Å². The highest BCUT2D eigenvalue weighted by Gasteiger charge is 2.37. The van der Waals surface area contributed by atoms with Crippen LogP contribution in [0.1, 0.15) is 24.5 Å². The number of benzene rings is 3. The molecule has 1 N–H and O–H groups in total. The van der Waals surface area contributed by atoms with Gasteiger partial charge in [-0.1, -0.05) is 53.2 Å². The molecule has 0 saturated carbocycles. The number of nitrogens with zero attached hydrogens (tertiary/aromatic N) is 1. The fraction of sp³-hybridized carbons (Fsp3) is 0.148. The fourth-order valence-corrected chi connectivity index (χ4v) is 3.83. The van der Waals surface area contributed by atoms with Crippen LogP contribution in [-0.2, 0) is 16.2 Å². The first kappa shape index (κ1) is 24.2. The minimum atomic E-state index is -0.813. The van der Waals surface area contributed by atoms with Crippen LogP contribution in [0.15, 0.2) is 82.8 Å². The van der Waals surface area contributed by atoms with E-state index in [4.69, 9.17) is 9.47 Å². The molecule has 0 radical (unpaired) electrons. The summed E-state index contributed by atoms with van der Waals surface area (Å²) in [5.74, 6) is -0.369. The third kappa shape index (κ3) is 5.78. The molecule has 35 heavy (non-hydrogen) atoms. The molecule has 1 heterocycles. The maximum atomic E-state index is 13.2. The summed E-state index contributed by atoms with van der Waals surface area (Å²) >= 11 is 3.41. The van der Waals surface area contributed by atoms with Gasteiger partial charge in [-0.2, -0.15) is 0 Å². The molecule has 3 aromatic rings. The molecule has 4 rings (SSSR count). The molecule has 1 aliphatic heterocycles. The average molecular weight is 535 g/mol. The van der Waals surface area contributed by atoms with Crippen molar-refractivity contribution in [2.75, 3.05) is 11.5 Å². The first-order valence-electron chi connectivity index (χ1n) is 11.1. The number of hydrogen-bond acceptors (Lipinski definition) is 5. The zero-order valence-electron chi connectivity index (χ0n) is 19.0. The van der Waals surface area contributed by atoms with Gasteiger partial charge in [0.1, 0.15) is 23.7 Å². The summed E-state index contributed by atoms with van der Waals surface area (Å²) in [6.45, 7) is 2.86. The zero-order valence-corrected chi connectivity index (χ0v) is 20.6. The first-order valence-corrected chi connectivity index (χ1v) is 11.9. The zero-order chi connectivity index (χ0) is 24.8. The normalized spacial score (nSPS) is 14.7. The van der Waals surface area contributed by atoms with Crippen LogP contribution >= 0.6 is 15.9 Å². The number of ether oxygens (including phenoxy) is 2. The predicted octanol–water partition coefficient (Wildman–Crippen LogP) is 5.48. The third-order valence-electron chi connectivity index (χ3n) is 5.18. The number of carbonyl (C=O) groups is 3. The van der Waals surface area contributed by atoms with E-state index in [0.717, 1.165) is 21.4 Å². The van der Waals surface area contributed by atoms with Crippen LogP contribution in [0.5, 0.6) is 11.5 Å². The Hall–Kier alpha value is -3.91. The number of urea groups is 1. The minimum absolute atomic E-state index is 0.173. The monoisotopic (exact) mass is 534 g/mol. The van der Waals surface area contributed by atoms with Crippen molar-refractivity contribution in [2.24, 2.45) is 0 Å². The van der Waals surface area contributed by atoms with Crippen molar-refractivity contribution in [3.8, 4) is 11.5 Å². The molecule has 1 saturated heterocycles. The number of carbonyl (C=O) groups excluding carboxylic acids is 3. The lowest BCUT2D eigenvalue weighted by Gasteiger charge is -2.26. The van der Waals surface area contributed by atoms with E-state index >= 15 is 0 Å². The van der Waals surface area contributed by atoms with Gasteiger partial charge in [-0.3, -0.25) is 14.9 Å². The van der Waals surface area contributed by atoms with Crippen LogP contribution in [-0.4, -0.2) is 24.5 Å². The molecule has 7 nitrogen and oxygen atoms in total. The summed E-state index contributed by atoms with van der Waals surface area (Å²) in [5.41, 5.74) is 1.71. The highest BCUT2D eigenvalue weighted by molar-refractivity contribution is 9.10. The molecule has 1 aliphatic rings. The van der Waals surface area contributed by atoms with Crippen molar-refractivity contribution in [3.05, 3.63) is 94.0 Å². The van der Waals surface area contributed by atoms with Crippen molar-refractivity contribution in [3.63, 3.8) is 0 Å². The van der Waals surface area contributed by atoms with Gasteiger partial charge >= 0.3 is 6.03 Å². The molecule has 4 amide bonds. The van der Waals surface area contributed by atoms with Gasteiger partial charge in [0.05, 0.1) is 12.3 Å². The Kier molecular flexibility index (Phi) is 7.62. The Morgan fingerprint density at radius 1 is 0.943 bits per heavy atom. The molecule has 3 aromatic carbocycles. The highest BCUT2D eigenvalue weighted by Crippen LogP contribution is 2.29. The molecule has 178 valence electrons. The predicted molar refractivity (Wildman–Crippen MR) is 136 cm³/mol. The lowest BCUT2D eigenvalue weighted by molar-refractivity contribution is -0.122. The van der Waals surface area contributed by atoms with Crippen LogP contribution in [0, 0.1) is 0 Å². The van der Waals surface area contributed by atoms with Crippen LogP contribution in [0.2, 0.25) is 0 Å². The van der Waals surface area contributed by atoms with Crippen molar-refractivity contribution < 1.29 is 23.9 Å². The van der Waals surface area contributed by atoms with E-state index in [-0.39, 0.29) is 5.57 Å². The third-order valence-corrected chi connectivity index (χ3v) is 5.67. The number of halogens is 1. The summed E-state index contributed by atoms with van der Waals surface area (Å²) in [6.07, 6.45) is 2.24. The molecular formula is C27H23BrN2O5. The number of rotatable bonds is 8. The van der Waals surface area contributed by atoms with Crippen molar-refractivity contribution in [2.45, 2.75) is 20.0 Å². The van der Waals surface area contributed by atoms with Gasteiger partial charge in [0, 0.05) is 10.0 Å². The number of amides is 4. The number of hydrogen-bond donors (Lipinski definition) is 1. The summed E-state index contributed by atoms with van der Waals surface area (Å²) < 4.78 is 12.3. The molecule has 0 aliphatic carbocycles. The summed E-state index contributed by atoms with van der Waals surface area (Å²) in [6, 6.07) is 20.8. The maximum Gasteiger partial charge on any atom is 0.335 e. The number of nitrogens with one attached hydrogen (secondary N) is 1. The summed E-state index contributed by atoms with van der Waals surface area (Å²) in [5, 5.41) is 2.24. The summed E-state index contributed by atoms with van der Waals surface area (Å²) in [7, 11) is 0. The van der Waals surface area contributed by atoms with Crippen molar-refractivity contribution in [1.82, 2.24) is 5.32 Å². The number of imide groups is 2. The van der Waals surface area contributed by atoms with Crippen molar-refractivity contribution >= 4 is 45.5 Å². The van der Waals surface area contributed by atoms with E-state index in [0.29, 0.717) is 36.0 Å². The van der Waals surface area contributed by atoms with E-state index in [1.165, 1.54) is 6.08 Å². The Balaban J connectivity index is 1.57. The van der Waals surface area contributed by atoms with Gasteiger partial charge < -0.3 is 9.47 Å². The lowest BCUT2D eigenvalue weighted by Crippen LogP contribution is -2.54. The molecule has 0 unspecified atom stereocenters. The molecule has 0 atom stereocenters. The Morgan fingerprint density at radius 2 is 1.69 bits per heavy atom. The van der Waals surface area contributed by atoms with Gasteiger partial charge in [-0.25, -0.2) is 9.69 Å². The smallest absolute Gasteiger partial charge is 0.335 e. The lowest BCUT2D eigenvalue weighted by atomic mass is 10.1. The van der Waals surface area contributed by atoms with Gasteiger partial charge in [-0.15, -0.1) is 0 Å². The number of barbiturate groups is 1. The standard InChI is InChI=1S/C27H23BrN2O5/c1-2-14-34-24-13-8-20(28)15-19(24)16-23-25(31)29-27(33)30(26(23)32)21-9-11-22(12-10-21)35-17-18-6-4-3-5-7-18/h3-13,15-16H,2,14,17H2,1H3,(H,29,31,33)/b23-16+. The fourth-order valence-electron chi connectivity index (χ4n) is 3.46. The minimum Gasteiger partial charge on any atom is -0.493 e. The van der Waals surface area contributed by atoms with E-state index in [2.05, 4.69) is 21.2 Å². The molecule has 1 fully saturated rings. The molecule has 0 spiro atoms. The molecule has 0 bridgehead atoms. The van der Waals surface area contributed by atoms with Gasteiger partial charge in [0.2, 0.25) is 0 Å². The molecule has 8 heteroatoms. The van der Waals surface area contributed by atoms with Crippen molar-refractivity contribution in [1.29, 1.82) is 0 Å². The van der Waals surface area contributed by atoms with E-state index in [1.54, 1.807) is 36.4 Å². The Morgan fingerprint density at radius 3 is 2.40 bits per heavy atom. The SMILES string of the molecule is CCCOc1ccc(Br)cc1/C=C1\C(=O)NC(=O)N(c2ccc(OCc3ccccc3)cc2)C1=O. The van der Waals surface area contributed by atoms with Crippen LogP contribution in [0.25, 0.3) is 6.08 Å². The quantitative estimate of drug-likeness (QED) is 0.305. The first-order chi connectivity index (χ1) is 17.0. The second kappa shape index (κ2) is 11.0. The average Bonchev–Trinajstić information content (AvgIpc) is 2.86. The second-order valence-electron chi connectivity index (χ2n) is 7.76. The van der Waals surface area contributed by atoms with Gasteiger partial charge in [0.15, 0.2) is 0 Å². The molecular weight excluding hydrogens is 512 g/mol. The highest BCUT2D eigenvalue weighted by atomic mass is 79.9. The summed E-state index contributed by atoms with van der Waals surface area (Å²) in [4.78, 5) is 39.3. The van der Waals surface area contributed by atoms with E-state index in [1.807, 2.05) is 43.3 Å². The number of anilines is 1. The van der Waals surface area contributed by atoms with Crippen LogP contribution in [0.4, 0.5) is 10.5 Å². The van der Waals surface area contributed by atoms with E-state index < -0.39 is 17.8 Å². The van der Waals surface area contributed by atoms with Crippen LogP contribution in [0.3, 0.4) is 0 Å². The maximum absolute atomic E-state index is 13.2. The Bertz CT molecular complexity index is 1270. The molecule has 0 aromatic heterocycles. The topological polar surface area (TPSA) is 84.9 Å². The largest absolute Gasteiger partial charge is 0.493 e. The Labute approximate surface area is 211 Å². The van der Waals surface area contributed by atoms with Gasteiger partial charge in [-0.05, 0) is 60.5 Å². The van der Waals surface area contributed by atoms with E-state index in [9.17, 15) is 14.4 Å². The second-order valence-corrected chi connectivity index (χ2v) is 8.67.